The maximum Gasteiger partial charge on any atom is 0.208 e. The molecular formula is C28H36N6O. The van der Waals surface area contributed by atoms with Gasteiger partial charge in [0.05, 0.1) is 11.0 Å². The van der Waals surface area contributed by atoms with Gasteiger partial charge in [-0.05, 0) is 30.3 Å². The molecule has 5 aromatic rings. The lowest BCUT2D eigenvalue weighted by Crippen LogP contribution is -1.98. The molecule has 0 saturated carbocycles. The second-order valence-corrected chi connectivity index (χ2v) is 6.55. The zero-order valence-corrected chi connectivity index (χ0v) is 21.7. The molecule has 0 aliphatic rings. The molecule has 0 saturated heterocycles. The standard InChI is InChI=1S/C22H18N6O.3C2H6/c1-28-20-8-7-16(13-18(20)27-22(28)26-15-5-3-2-4-6-15)29-17-9-10-23-19(14-17)21-24-11-12-25-21;3*1-2/h2-14H,1H3,(H,24,25)(H,26,27);3*1-2H3. The van der Waals surface area contributed by atoms with Crippen LogP contribution in [0.3, 0.4) is 0 Å². The maximum absolute atomic E-state index is 6.04. The molecule has 5 rings (SSSR count). The largest absolute Gasteiger partial charge is 0.457 e. The number of rotatable bonds is 5. The van der Waals surface area contributed by atoms with Crippen molar-refractivity contribution >= 4 is 22.7 Å². The molecule has 2 N–H and O–H groups in total. The molecule has 3 heterocycles. The number of aryl methyl sites for hydroxylation is 1. The molecule has 0 unspecified atom stereocenters. The van der Waals surface area contributed by atoms with Crippen LogP contribution in [-0.4, -0.2) is 24.5 Å². The highest BCUT2D eigenvalue weighted by molar-refractivity contribution is 5.81. The van der Waals surface area contributed by atoms with E-state index in [0.29, 0.717) is 17.3 Å². The Labute approximate surface area is 208 Å². The SMILES string of the molecule is CC.CC.CC.Cn1c(Nc2ccccc2)nc2cc(Oc3ccnc(-c4ncc[nH]4)c3)ccc21. The highest BCUT2D eigenvalue weighted by Gasteiger charge is 2.10. The first-order valence-electron chi connectivity index (χ1n) is 12.2. The number of H-pyrrole nitrogens is 1. The van der Waals surface area contributed by atoms with Crippen molar-refractivity contribution in [1.82, 2.24) is 24.5 Å². The number of para-hydroxylation sites is 1. The fraction of sp³-hybridized carbons (Fsp3) is 0.250. The van der Waals surface area contributed by atoms with Gasteiger partial charge in [0, 0.05) is 43.5 Å². The number of aromatic amines is 1. The summed E-state index contributed by atoms with van der Waals surface area (Å²) >= 11 is 0. The Hall–Kier alpha value is -4.13. The van der Waals surface area contributed by atoms with E-state index in [1.807, 2.05) is 114 Å². The molecule has 0 aliphatic heterocycles. The average molecular weight is 473 g/mol. The fourth-order valence-corrected chi connectivity index (χ4v) is 3.15. The number of ether oxygens (including phenoxy) is 1. The number of hydrogen-bond acceptors (Lipinski definition) is 5. The summed E-state index contributed by atoms with van der Waals surface area (Å²) in [5, 5.41) is 3.35. The van der Waals surface area contributed by atoms with Gasteiger partial charge < -0.3 is 19.6 Å². The van der Waals surface area contributed by atoms with Crippen LogP contribution in [0.5, 0.6) is 11.5 Å². The summed E-state index contributed by atoms with van der Waals surface area (Å²) in [6, 6.07) is 19.5. The summed E-state index contributed by atoms with van der Waals surface area (Å²) in [5.41, 5.74) is 3.58. The number of pyridine rings is 1. The van der Waals surface area contributed by atoms with Crippen LogP contribution in [0.15, 0.2) is 79.3 Å². The van der Waals surface area contributed by atoms with Crippen molar-refractivity contribution in [3.63, 3.8) is 0 Å². The summed E-state index contributed by atoms with van der Waals surface area (Å²) in [6.45, 7) is 12.0. The Morgan fingerprint density at radius 2 is 1.51 bits per heavy atom. The smallest absolute Gasteiger partial charge is 0.208 e. The Kier molecular flexibility index (Phi) is 11.0. The minimum atomic E-state index is 0.685. The van der Waals surface area contributed by atoms with Gasteiger partial charge in [-0.2, -0.15) is 0 Å². The van der Waals surface area contributed by atoms with Crippen molar-refractivity contribution in [1.29, 1.82) is 0 Å². The third kappa shape index (κ3) is 6.93. The molecule has 0 spiro atoms. The fourth-order valence-electron chi connectivity index (χ4n) is 3.15. The van der Waals surface area contributed by atoms with Gasteiger partial charge in [-0.1, -0.05) is 59.7 Å². The molecule has 0 bridgehead atoms. The van der Waals surface area contributed by atoms with E-state index >= 15 is 0 Å². The molecular weight excluding hydrogens is 436 g/mol. The van der Waals surface area contributed by atoms with Crippen molar-refractivity contribution in [2.24, 2.45) is 7.05 Å². The summed E-state index contributed by atoms with van der Waals surface area (Å²) in [7, 11) is 1.99. The van der Waals surface area contributed by atoms with Crippen LogP contribution >= 0.6 is 0 Å². The lowest BCUT2D eigenvalue weighted by atomic mass is 10.3. The first-order valence-corrected chi connectivity index (χ1v) is 12.2. The Morgan fingerprint density at radius 1 is 0.800 bits per heavy atom. The third-order valence-corrected chi connectivity index (χ3v) is 4.59. The lowest BCUT2D eigenvalue weighted by molar-refractivity contribution is 0.483. The van der Waals surface area contributed by atoms with Gasteiger partial charge >= 0.3 is 0 Å². The van der Waals surface area contributed by atoms with Crippen molar-refractivity contribution < 1.29 is 4.74 Å². The van der Waals surface area contributed by atoms with E-state index in [-0.39, 0.29) is 0 Å². The number of fused-ring (bicyclic) bond motifs is 1. The molecule has 0 fully saturated rings. The Morgan fingerprint density at radius 3 is 2.20 bits per heavy atom. The van der Waals surface area contributed by atoms with Gasteiger partial charge in [-0.15, -0.1) is 0 Å². The minimum Gasteiger partial charge on any atom is -0.457 e. The topological polar surface area (TPSA) is 80.7 Å². The predicted molar refractivity (Wildman–Crippen MR) is 146 cm³/mol. The van der Waals surface area contributed by atoms with E-state index in [2.05, 4.69) is 20.3 Å². The van der Waals surface area contributed by atoms with E-state index in [9.17, 15) is 0 Å². The summed E-state index contributed by atoms with van der Waals surface area (Å²) in [4.78, 5) is 16.3. The van der Waals surface area contributed by atoms with Crippen LogP contribution in [-0.2, 0) is 7.05 Å². The first-order chi connectivity index (χ1) is 17.3. The van der Waals surface area contributed by atoms with E-state index in [1.54, 1.807) is 18.6 Å². The van der Waals surface area contributed by atoms with Gasteiger partial charge in [0.25, 0.3) is 0 Å². The zero-order chi connectivity index (χ0) is 25.6. The van der Waals surface area contributed by atoms with E-state index < -0.39 is 0 Å². The van der Waals surface area contributed by atoms with Crippen LogP contribution in [0.4, 0.5) is 11.6 Å². The quantitative estimate of drug-likeness (QED) is 0.271. The summed E-state index contributed by atoms with van der Waals surface area (Å²) < 4.78 is 8.06. The second-order valence-electron chi connectivity index (χ2n) is 6.55. The van der Waals surface area contributed by atoms with Crippen LogP contribution < -0.4 is 10.1 Å². The number of nitrogens with one attached hydrogen (secondary N) is 2. The van der Waals surface area contributed by atoms with E-state index in [4.69, 9.17) is 9.72 Å². The van der Waals surface area contributed by atoms with Crippen LogP contribution in [0, 0.1) is 0 Å². The van der Waals surface area contributed by atoms with Gasteiger partial charge in [0.2, 0.25) is 5.95 Å². The summed E-state index contributed by atoms with van der Waals surface area (Å²) in [5.74, 6) is 2.86. The Bertz CT molecular complexity index is 1260. The maximum atomic E-state index is 6.04. The highest BCUT2D eigenvalue weighted by atomic mass is 16.5. The molecule has 2 aromatic carbocycles. The van der Waals surface area contributed by atoms with Crippen molar-refractivity contribution in [2.45, 2.75) is 41.5 Å². The zero-order valence-electron chi connectivity index (χ0n) is 21.7. The third-order valence-electron chi connectivity index (χ3n) is 4.59. The number of aromatic nitrogens is 5. The monoisotopic (exact) mass is 472 g/mol. The van der Waals surface area contributed by atoms with Crippen molar-refractivity contribution in [3.8, 4) is 23.0 Å². The van der Waals surface area contributed by atoms with Gasteiger partial charge in [-0.3, -0.25) is 4.98 Å². The molecule has 35 heavy (non-hydrogen) atoms. The van der Waals surface area contributed by atoms with Crippen molar-refractivity contribution in [3.05, 3.63) is 79.3 Å². The number of anilines is 2. The summed E-state index contributed by atoms with van der Waals surface area (Å²) in [6.07, 6.45) is 5.16. The van der Waals surface area contributed by atoms with Gasteiger partial charge in [-0.25, -0.2) is 9.97 Å². The lowest BCUT2D eigenvalue weighted by Gasteiger charge is -2.07. The molecule has 184 valence electrons. The highest BCUT2D eigenvalue weighted by Crippen LogP contribution is 2.29. The molecule has 3 aromatic heterocycles. The van der Waals surface area contributed by atoms with Gasteiger partial charge in [0.15, 0.2) is 5.82 Å². The number of benzene rings is 2. The molecule has 7 heteroatoms. The minimum absolute atomic E-state index is 0.685. The van der Waals surface area contributed by atoms with E-state index in [0.717, 1.165) is 28.4 Å². The number of nitrogens with zero attached hydrogens (tertiary/aromatic N) is 4. The number of hydrogen-bond donors (Lipinski definition) is 2. The Balaban J connectivity index is 0.000000671. The molecule has 0 radical (unpaired) electrons. The average Bonchev–Trinajstić information content (AvgIpc) is 3.57. The van der Waals surface area contributed by atoms with Crippen molar-refractivity contribution in [2.75, 3.05) is 5.32 Å². The van der Waals surface area contributed by atoms with Crippen LogP contribution in [0.1, 0.15) is 41.5 Å². The van der Waals surface area contributed by atoms with Crippen LogP contribution in [0.2, 0.25) is 0 Å². The predicted octanol–water partition coefficient (Wildman–Crippen LogP) is 7.97. The van der Waals surface area contributed by atoms with Gasteiger partial charge in [0.1, 0.15) is 17.2 Å². The first kappa shape index (κ1) is 27.1. The number of imidazole rings is 2. The van der Waals surface area contributed by atoms with E-state index in [1.165, 1.54) is 0 Å². The molecule has 7 nitrogen and oxygen atoms in total. The molecule has 0 aliphatic carbocycles. The molecule has 0 amide bonds. The molecule has 0 atom stereocenters. The van der Waals surface area contributed by atoms with Crippen LogP contribution in [0.25, 0.3) is 22.6 Å². The second kappa shape index (κ2) is 14.2. The normalized spacial score (nSPS) is 9.57.